The molecule has 0 unspecified atom stereocenters. The zero-order valence-corrected chi connectivity index (χ0v) is 20.1. The molecule has 3 aliphatic rings. The van der Waals surface area contributed by atoms with Crippen LogP contribution >= 0.6 is 0 Å². The summed E-state index contributed by atoms with van der Waals surface area (Å²) in [7, 11) is 2.14. The third-order valence-corrected chi connectivity index (χ3v) is 9.13. The van der Waals surface area contributed by atoms with Gasteiger partial charge in [-0.2, -0.15) is 0 Å². The molecule has 5 atom stereocenters. The largest absolute Gasteiger partial charge is 0.492 e. The summed E-state index contributed by atoms with van der Waals surface area (Å²) in [5.74, 6) is 5.53. The van der Waals surface area contributed by atoms with Crippen LogP contribution in [0.3, 0.4) is 0 Å². The Hall–Kier alpha value is -2.28. The first-order valence-corrected chi connectivity index (χ1v) is 12.6. The van der Waals surface area contributed by atoms with Gasteiger partial charge in [-0.3, -0.25) is 4.90 Å². The highest BCUT2D eigenvalue weighted by atomic mass is 16.5. The van der Waals surface area contributed by atoms with Crippen LogP contribution in [0.4, 0.5) is 0 Å². The molecule has 0 radical (unpaired) electrons. The monoisotopic (exact) mass is 443 g/mol. The third-order valence-electron chi connectivity index (χ3n) is 9.13. The molecule has 2 aromatic rings. The van der Waals surface area contributed by atoms with Crippen LogP contribution in [0, 0.1) is 29.6 Å². The van der Waals surface area contributed by atoms with E-state index in [1.807, 2.05) is 0 Å². The molecule has 0 saturated heterocycles. The van der Waals surface area contributed by atoms with E-state index in [1.54, 1.807) is 0 Å². The van der Waals surface area contributed by atoms with E-state index in [-0.39, 0.29) is 5.41 Å². The second-order valence-electron chi connectivity index (χ2n) is 10.8. The molecule has 3 aliphatic carbocycles. The molecule has 3 heteroatoms. The molecule has 2 aromatic carbocycles. The Kier molecular flexibility index (Phi) is 6.02. The highest BCUT2D eigenvalue weighted by Gasteiger charge is 2.61. The first-order chi connectivity index (χ1) is 15.9. The summed E-state index contributed by atoms with van der Waals surface area (Å²) in [6.45, 7) is 4.78. The molecule has 0 amide bonds. The standard InChI is InChI=1S/C30H37NO2/c1-4-30(32)17-15-28-27-12-10-23-20-24(11-13-25(23)26(27)14-16-29(28,30)2)33-19-18-31(3)21-22-8-6-5-7-9-22/h1,5-9,11,13,20,26-28,32H,10,12,14-19,21H2,2-3H3/t26-,27-,28+,29+,30+/m1/s1. The van der Waals surface area contributed by atoms with Gasteiger partial charge in [-0.15, -0.1) is 6.42 Å². The maximum absolute atomic E-state index is 11.1. The Morgan fingerprint density at radius 2 is 1.94 bits per heavy atom. The second kappa shape index (κ2) is 8.82. The molecular weight excluding hydrogens is 406 g/mol. The first kappa shape index (κ1) is 22.5. The Bertz CT molecular complexity index is 1030. The Labute approximate surface area is 199 Å². The van der Waals surface area contributed by atoms with Crippen LogP contribution in [0.25, 0.3) is 0 Å². The Morgan fingerprint density at radius 1 is 1.12 bits per heavy atom. The van der Waals surface area contributed by atoms with Crippen LogP contribution in [0.2, 0.25) is 0 Å². The maximum atomic E-state index is 11.1. The molecule has 0 bridgehead atoms. The molecule has 0 aromatic heterocycles. The first-order valence-electron chi connectivity index (χ1n) is 12.6. The number of likely N-dealkylation sites (N-methyl/N-ethyl adjacent to an activating group) is 1. The van der Waals surface area contributed by atoms with Crippen LogP contribution in [-0.2, 0) is 13.0 Å². The van der Waals surface area contributed by atoms with Crippen LogP contribution in [0.1, 0.15) is 61.6 Å². The molecule has 5 rings (SSSR count). The Morgan fingerprint density at radius 3 is 2.73 bits per heavy atom. The van der Waals surface area contributed by atoms with E-state index in [0.29, 0.717) is 24.4 Å². The summed E-state index contributed by atoms with van der Waals surface area (Å²) < 4.78 is 6.15. The van der Waals surface area contributed by atoms with Crippen molar-refractivity contribution in [3.8, 4) is 18.1 Å². The van der Waals surface area contributed by atoms with E-state index < -0.39 is 5.60 Å². The normalized spacial score (nSPS) is 32.5. The van der Waals surface area contributed by atoms with Crippen molar-refractivity contribution < 1.29 is 9.84 Å². The number of terminal acetylenes is 1. The van der Waals surface area contributed by atoms with Gasteiger partial charge in [-0.05, 0) is 92.1 Å². The number of aryl methyl sites for hydroxylation is 1. The van der Waals surface area contributed by atoms with Gasteiger partial charge in [0.2, 0.25) is 0 Å². The van der Waals surface area contributed by atoms with E-state index in [0.717, 1.165) is 50.9 Å². The van der Waals surface area contributed by atoms with Crippen LogP contribution < -0.4 is 4.74 Å². The average molecular weight is 444 g/mol. The van der Waals surface area contributed by atoms with Gasteiger partial charge in [-0.25, -0.2) is 0 Å². The molecule has 1 N–H and O–H groups in total. The van der Waals surface area contributed by atoms with Crippen molar-refractivity contribution in [1.29, 1.82) is 0 Å². The van der Waals surface area contributed by atoms with Crippen molar-refractivity contribution >= 4 is 0 Å². The summed E-state index contributed by atoms with van der Waals surface area (Å²) >= 11 is 0. The molecule has 0 spiro atoms. The molecule has 0 aliphatic heterocycles. The van der Waals surface area contributed by atoms with Crippen molar-refractivity contribution in [3.05, 3.63) is 65.2 Å². The van der Waals surface area contributed by atoms with Gasteiger partial charge in [0.15, 0.2) is 0 Å². The lowest BCUT2D eigenvalue weighted by atomic mass is 9.53. The quantitative estimate of drug-likeness (QED) is 0.605. The summed E-state index contributed by atoms with van der Waals surface area (Å²) in [6, 6.07) is 17.3. The minimum absolute atomic E-state index is 0.130. The summed E-state index contributed by atoms with van der Waals surface area (Å²) in [5, 5.41) is 11.1. The minimum atomic E-state index is -0.922. The number of ether oxygens (including phenoxy) is 1. The van der Waals surface area contributed by atoms with Gasteiger partial charge in [-0.1, -0.05) is 49.2 Å². The highest BCUT2D eigenvalue weighted by molar-refractivity contribution is 5.41. The number of benzene rings is 2. The van der Waals surface area contributed by atoms with E-state index >= 15 is 0 Å². The summed E-state index contributed by atoms with van der Waals surface area (Å²) in [4.78, 5) is 2.30. The van der Waals surface area contributed by atoms with E-state index in [1.165, 1.54) is 23.1 Å². The Balaban J connectivity index is 1.21. The number of hydrogen-bond acceptors (Lipinski definition) is 3. The molecule has 2 fully saturated rings. The fraction of sp³-hybridized carbons (Fsp3) is 0.533. The van der Waals surface area contributed by atoms with Crippen LogP contribution in [-0.4, -0.2) is 35.8 Å². The van der Waals surface area contributed by atoms with E-state index in [2.05, 4.69) is 73.3 Å². The maximum Gasteiger partial charge on any atom is 0.130 e. The van der Waals surface area contributed by atoms with E-state index in [9.17, 15) is 5.11 Å². The zero-order valence-electron chi connectivity index (χ0n) is 20.1. The molecule has 33 heavy (non-hydrogen) atoms. The smallest absolute Gasteiger partial charge is 0.130 e. The van der Waals surface area contributed by atoms with Crippen molar-refractivity contribution in [3.63, 3.8) is 0 Å². The SMILES string of the molecule is C#C[C@]1(O)CC[C@H]2[C@@H]3CCc4cc(OCCN(C)Cc5ccccc5)ccc4[C@H]3CC[C@@]21C. The topological polar surface area (TPSA) is 32.7 Å². The van der Waals surface area contributed by atoms with Crippen molar-refractivity contribution in [2.45, 2.75) is 63.5 Å². The zero-order chi connectivity index (χ0) is 23.1. The van der Waals surface area contributed by atoms with Gasteiger partial charge in [0.05, 0.1) is 0 Å². The van der Waals surface area contributed by atoms with Crippen molar-refractivity contribution in [2.24, 2.45) is 17.3 Å². The average Bonchev–Trinajstić information content (AvgIpc) is 3.10. The predicted octanol–water partition coefficient (Wildman–Crippen LogP) is 5.42. The molecule has 3 nitrogen and oxygen atoms in total. The predicted molar refractivity (Wildman–Crippen MR) is 133 cm³/mol. The number of fused-ring (bicyclic) bond motifs is 5. The number of nitrogens with zero attached hydrogens (tertiary/aromatic N) is 1. The lowest BCUT2D eigenvalue weighted by Gasteiger charge is -2.52. The van der Waals surface area contributed by atoms with E-state index in [4.69, 9.17) is 11.2 Å². The molecular formula is C30H37NO2. The van der Waals surface area contributed by atoms with Crippen molar-refractivity contribution in [1.82, 2.24) is 4.90 Å². The molecule has 0 heterocycles. The lowest BCUT2D eigenvalue weighted by molar-refractivity contribution is -0.0646. The summed E-state index contributed by atoms with van der Waals surface area (Å²) in [5.41, 5.74) is 3.25. The van der Waals surface area contributed by atoms with Gasteiger partial charge in [0.1, 0.15) is 18.0 Å². The fourth-order valence-electron chi connectivity index (χ4n) is 7.20. The van der Waals surface area contributed by atoms with Crippen LogP contribution in [0.15, 0.2) is 48.5 Å². The van der Waals surface area contributed by atoms with Gasteiger partial charge < -0.3 is 9.84 Å². The van der Waals surface area contributed by atoms with Crippen LogP contribution in [0.5, 0.6) is 5.75 Å². The minimum Gasteiger partial charge on any atom is -0.492 e. The van der Waals surface area contributed by atoms with Crippen molar-refractivity contribution in [2.75, 3.05) is 20.2 Å². The number of hydrogen-bond donors (Lipinski definition) is 1. The lowest BCUT2D eigenvalue weighted by Crippen LogP contribution is -2.50. The third kappa shape index (κ3) is 3.98. The number of rotatable bonds is 6. The second-order valence-corrected chi connectivity index (χ2v) is 10.8. The molecule has 174 valence electrons. The fourth-order valence-corrected chi connectivity index (χ4v) is 7.20. The molecule has 2 saturated carbocycles. The van der Waals surface area contributed by atoms with Gasteiger partial charge in [0, 0.05) is 18.5 Å². The highest BCUT2D eigenvalue weighted by Crippen LogP contribution is 2.64. The van der Waals surface area contributed by atoms with Gasteiger partial charge >= 0.3 is 0 Å². The number of aliphatic hydroxyl groups is 1. The summed E-state index contributed by atoms with van der Waals surface area (Å²) in [6.07, 6.45) is 12.1. The van der Waals surface area contributed by atoms with Gasteiger partial charge in [0.25, 0.3) is 0 Å².